The van der Waals surface area contributed by atoms with E-state index in [0.717, 1.165) is 30.9 Å². The highest BCUT2D eigenvalue weighted by Crippen LogP contribution is 2.33. The average Bonchev–Trinajstić information content (AvgIpc) is 3.57. The summed E-state index contributed by atoms with van der Waals surface area (Å²) in [6, 6.07) is 6.23. The van der Waals surface area contributed by atoms with E-state index < -0.39 is 0 Å². The molecule has 9 nitrogen and oxygen atoms in total. The van der Waals surface area contributed by atoms with Crippen LogP contribution in [0.1, 0.15) is 53.6 Å². The third-order valence-electron chi connectivity index (χ3n) is 7.95. The van der Waals surface area contributed by atoms with Crippen molar-refractivity contribution in [3.63, 3.8) is 0 Å². The fourth-order valence-electron chi connectivity index (χ4n) is 5.87. The standard InChI is InChI=1S/C29H36FN7O2/c1-18(2)28(38)33-25(21-6-5-7-24(30)12-21)8-11-35-14-22-16-36(17-23(22)15-35)29(39)27-19(3)34-37(20(27)4)26-13-31-9-10-32-26/h5-7,9-10,12-13,18,22-23,25H,8,11,14-17H2,1-4H3,(H,33,38)/t22-,23?,25?/m0/s1. The van der Waals surface area contributed by atoms with Crippen LogP contribution in [0.2, 0.25) is 0 Å². The zero-order valence-corrected chi connectivity index (χ0v) is 23.0. The summed E-state index contributed by atoms with van der Waals surface area (Å²) in [4.78, 5) is 38.8. The molecule has 3 aromatic rings. The second-order valence-corrected chi connectivity index (χ2v) is 11.1. The first-order valence-corrected chi connectivity index (χ1v) is 13.6. The average molecular weight is 534 g/mol. The van der Waals surface area contributed by atoms with Gasteiger partial charge in [-0.1, -0.05) is 26.0 Å². The van der Waals surface area contributed by atoms with Gasteiger partial charge in [0.05, 0.1) is 29.2 Å². The van der Waals surface area contributed by atoms with Crippen molar-refractivity contribution in [2.24, 2.45) is 17.8 Å². The lowest BCUT2D eigenvalue weighted by atomic mass is 10.0. The first-order chi connectivity index (χ1) is 18.7. The molecular weight excluding hydrogens is 497 g/mol. The van der Waals surface area contributed by atoms with Crippen LogP contribution in [0.25, 0.3) is 5.82 Å². The van der Waals surface area contributed by atoms with Gasteiger partial charge in [0, 0.05) is 51.0 Å². The maximum absolute atomic E-state index is 13.9. The normalized spacial score (nSPS) is 19.9. The molecule has 39 heavy (non-hydrogen) atoms. The molecule has 0 radical (unpaired) electrons. The van der Waals surface area contributed by atoms with Gasteiger partial charge in [-0.15, -0.1) is 0 Å². The fraction of sp³-hybridized carbons (Fsp3) is 0.483. The molecule has 0 spiro atoms. The summed E-state index contributed by atoms with van der Waals surface area (Å²) < 4.78 is 15.6. The molecule has 0 saturated carbocycles. The summed E-state index contributed by atoms with van der Waals surface area (Å²) in [5.41, 5.74) is 2.88. The van der Waals surface area contributed by atoms with Gasteiger partial charge in [0.15, 0.2) is 5.82 Å². The summed E-state index contributed by atoms with van der Waals surface area (Å²) >= 11 is 0. The monoisotopic (exact) mass is 533 g/mol. The van der Waals surface area contributed by atoms with E-state index >= 15 is 0 Å². The Bertz CT molecular complexity index is 1330. The minimum absolute atomic E-state index is 0.0173. The van der Waals surface area contributed by atoms with Gasteiger partial charge in [0.1, 0.15) is 5.82 Å². The van der Waals surface area contributed by atoms with Crippen molar-refractivity contribution < 1.29 is 14.0 Å². The number of carbonyl (C=O) groups is 2. The first kappa shape index (κ1) is 26.9. The van der Waals surface area contributed by atoms with Crippen molar-refractivity contribution in [2.45, 2.75) is 40.2 Å². The van der Waals surface area contributed by atoms with Crippen molar-refractivity contribution in [1.29, 1.82) is 0 Å². The Morgan fingerprint density at radius 2 is 1.85 bits per heavy atom. The molecular formula is C29H36FN7O2. The van der Waals surface area contributed by atoms with Gasteiger partial charge < -0.3 is 15.1 Å². The topological polar surface area (TPSA) is 96.2 Å². The molecule has 4 heterocycles. The first-order valence-electron chi connectivity index (χ1n) is 13.6. The number of halogens is 1. The number of aromatic nitrogens is 4. The van der Waals surface area contributed by atoms with Crippen molar-refractivity contribution >= 4 is 11.8 Å². The van der Waals surface area contributed by atoms with Gasteiger partial charge in [-0.2, -0.15) is 5.10 Å². The molecule has 0 bridgehead atoms. The SMILES string of the molecule is Cc1nn(-c2cnccn2)c(C)c1C(=O)N1CC2CN(CCC(NC(=O)C(C)C)c3cccc(F)c3)C[C@H]2C1. The van der Waals surface area contributed by atoms with Crippen LogP contribution < -0.4 is 5.32 Å². The van der Waals surface area contributed by atoms with E-state index in [9.17, 15) is 14.0 Å². The predicted octanol–water partition coefficient (Wildman–Crippen LogP) is 3.33. The summed E-state index contributed by atoms with van der Waals surface area (Å²) in [5, 5.41) is 7.66. The molecule has 5 rings (SSSR count). The summed E-state index contributed by atoms with van der Waals surface area (Å²) in [6.07, 6.45) is 5.55. The number of amides is 2. The van der Waals surface area contributed by atoms with E-state index in [1.807, 2.05) is 38.7 Å². The summed E-state index contributed by atoms with van der Waals surface area (Å²) in [5.74, 6) is 0.936. The van der Waals surface area contributed by atoms with E-state index in [1.165, 1.54) is 12.1 Å². The minimum atomic E-state index is -0.301. The van der Waals surface area contributed by atoms with Gasteiger partial charge in [-0.3, -0.25) is 14.6 Å². The van der Waals surface area contributed by atoms with Gasteiger partial charge in [-0.05, 0) is 49.8 Å². The second-order valence-electron chi connectivity index (χ2n) is 11.1. The molecule has 2 fully saturated rings. The van der Waals surface area contributed by atoms with Crippen LogP contribution >= 0.6 is 0 Å². The molecule has 2 amide bonds. The molecule has 3 atom stereocenters. The van der Waals surface area contributed by atoms with Crippen LogP contribution in [0, 0.1) is 37.4 Å². The van der Waals surface area contributed by atoms with Gasteiger partial charge in [-0.25, -0.2) is 14.1 Å². The molecule has 1 N–H and O–H groups in total. The molecule has 2 aliphatic rings. The van der Waals surface area contributed by atoms with Gasteiger partial charge in [0.2, 0.25) is 5.91 Å². The number of fused-ring (bicyclic) bond motifs is 1. The van der Waals surface area contributed by atoms with E-state index in [0.29, 0.717) is 48.4 Å². The highest BCUT2D eigenvalue weighted by atomic mass is 19.1. The Balaban J connectivity index is 1.20. The summed E-state index contributed by atoms with van der Waals surface area (Å²) in [6.45, 7) is 11.5. The Labute approximate surface area is 228 Å². The quantitative estimate of drug-likeness (QED) is 0.477. The largest absolute Gasteiger partial charge is 0.349 e. The van der Waals surface area contributed by atoms with Crippen LogP contribution in [-0.4, -0.2) is 74.1 Å². The van der Waals surface area contributed by atoms with Gasteiger partial charge >= 0.3 is 0 Å². The Morgan fingerprint density at radius 3 is 2.49 bits per heavy atom. The number of benzene rings is 1. The highest BCUT2D eigenvalue weighted by molar-refractivity contribution is 5.96. The molecule has 1 aromatic carbocycles. The van der Waals surface area contributed by atoms with Crippen LogP contribution in [0.15, 0.2) is 42.9 Å². The number of hydrogen-bond donors (Lipinski definition) is 1. The lowest BCUT2D eigenvalue weighted by Crippen LogP contribution is -2.36. The number of carbonyl (C=O) groups excluding carboxylic acids is 2. The fourth-order valence-corrected chi connectivity index (χ4v) is 5.87. The number of nitrogens with one attached hydrogen (secondary N) is 1. The third kappa shape index (κ3) is 5.71. The number of hydrogen-bond acceptors (Lipinski definition) is 6. The molecule has 10 heteroatoms. The number of nitrogens with zero attached hydrogens (tertiary/aromatic N) is 6. The van der Waals surface area contributed by atoms with E-state index in [1.54, 1.807) is 29.3 Å². The van der Waals surface area contributed by atoms with E-state index in [2.05, 4.69) is 25.3 Å². The maximum atomic E-state index is 13.9. The smallest absolute Gasteiger partial charge is 0.257 e. The van der Waals surface area contributed by atoms with Crippen LogP contribution in [-0.2, 0) is 4.79 Å². The molecule has 2 aromatic heterocycles. The maximum Gasteiger partial charge on any atom is 0.257 e. The molecule has 0 aliphatic carbocycles. The Hall–Kier alpha value is -3.66. The predicted molar refractivity (Wildman–Crippen MR) is 145 cm³/mol. The lowest BCUT2D eigenvalue weighted by Gasteiger charge is -2.25. The van der Waals surface area contributed by atoms with E-state index in [-0.39, 0.29) is 29.6 Å². The van der Waals surface area contributed by atoms with Crippen molar-refractivity contribution in [2.75, 3.05) is 32.7 Å². The minimum Gasteiger partial charge on any atom is -0.349 e. The third-order valence-corrected chi connectivity index (χ3v) is 7.95. The molecule has 2 saturated heterocycles. The van der Waals surface area contributed by atoms with Crippen LogP contribution in [0.4, 0.5) is 4.39 Å². The Morgan fingerprint density at radius 1 is 1.10 bits per heavy atom. The Kier molecular flexibility index (Phi) is 7.74. The van der Waals surface area contributed by atoms with Crippen molar-refractivity contribution in [3.8, 4) is 5.82 Å². The van der Waals surface area contributed by atoms with Crippen LogP contribution in [0.5, 0.6) is 0 Å². The highest BCUT2D eigenvalue weighted by Gasteiger charge is 2.42. The summed E-state index contributed by atoms with van der Waals surface area (Å²) in [7, 11) is 0. The van der Waals surface area contributed by atoms with E-state index in [4.69, 9.17) is 0 Å². The zero-order chi connectivity index (χ0) is 27.7. The van der Waals surface area contributed by atoms with Crippen molar-refractivity contribution in [1.82, 2.24) is 34.9 Å². The number of rotatable bonds is 8. The zero-order valence-electron chi connectivity index (χ0n) is 23.0. The van der Waals surface area contributed by atoms with Crippen molar-refractivity contribution in [3.05, 3.63) is 71.2 Å². The molecule has 2 unspecified atom stereocenters. The second kappa shape index (κ2) is 11.2. The number of likely N-dealkylation sites (tertiary alicyclic amines) is 2. The number of aryl methyl sites for hydroxylation is 1. The molecule has 2 aliphatic heterocycles. The lowest BCUT2D eigenvalue weighted by molar-refractivity contribution is -0.124. The molecule has 206 valence electrons. The van der Waals surface area contributed by atoms with Gasteiger partial charge in [0.25, 0.3) is 5.91 Å². The van der Waals surface area contributed by atoms with Crippen LogP contribution in [0.3, 0.4) is 0 Å².